The Labute approximate surface area is 201 Å². The van der Waals surface area contributed by atoms with Gasteiger partial charge in [-0.2, -0.15) is 27.2 Å². The highest BCUT2D eigenvalue weighted by Crippen LogP contribution is 2.55. The van der Waals surface area contributed by atoms with Gasteiger partial charge in [-0.1, -0.05) is 67.9 Å². The molecule has 35 heavy (non-hydrogen) atoms. The molecular formula is C26H28F5N3O. The van der Waals surface area contributed by atoms with Gasteiger partial charge in [-0.05, 0) is 48.8 Å². The number of halogens is 5. The summed E-state index contributed by atoms with van der Waals surface area (Å²) in [6.45, 7) is 5.31. The zero-order valence-electron chi connectivity index (χ0n) is 19.7. The SMILES string of the molecule is Cc1ccc(-c2ccc([C@H](N([C@@H](CC(C)C)C(N)=O)C3(C#N)CC3)C(F)(F)C(F)(F)F)cc2)cc1. The van der Waals surface area contributed by atoms with E-state index in [2.05, 4.69) is 0 Å². The molecule has 0 saturated heterocycles. The van der Waals surface area contributed by atoms with Gasteiger partial charge in [-0.15, -0.1) is 0 Å². The summed E-state index contributed by atoms with van der Waals surface area (Å²) in [5.41, 5.74) is 5.96. The number of primary amides is 1. The number of alkyl halides is 5. The van der Waals surface area contributed by atoms with Crippen molar-refractivity contribution in [2.75, 3.05) is 0 Å². The monoisotopic (exact) mass is 493 g/mol. The van der Waals surface area contributed by atoms with Crippen LogP contribution >= 0.6 is 0 Å². The van der Waals surface area contributed by atoms with Crippen molar-refractivity contribution < 1.29 is 26.7 Å². The van der Waals surface area contributed by atoms with Gasteiger partial charge in [0.2, 0.25) is 5.91 Å². The van der Waals surface area contributed by atoms with Crippen molar-refractivity contribution in [2.24, 2.45) is 11.7 Å². The van der Waals surface area contributed by atoms with Crippen LogP contribution < -0.4 is 5.73 Å². The summed E-state index contributed by atoms with van der Waals surface area (Å²) in [5, 5.41) is 9.80. The number of nitriles is 1. The number of aryl methyl sites for hydroxylation is 1. The molecule has 9 heteroatoms. The number of rotatable bonds is 9. The van der Waals surface area contributed by atoms with E-state index in [0.29, 0.717) is 5.56 Å². The van der Waals surface area contributed by atoms with E-state index in [0.717, 1.165) is 16.0 Å². The number of hydrogen-bond donors (Lipinski definition) is 1. The highest BCUT2D eigenvalue weighted by atomic mass is 19.4. The molecule has 4 nitrogen and oxygen atoms in total. The number of nitrogens with zero attached hydrogens (tertiary/aromatic N) is 2. The maximum Gasteiger partial charge on any atom is 0.455 e. The van der Waals surface area contributed by atoms with E-state index in [4.69, 9.17) is 5.73 Å². The Morgan fingerprint density at radius 1 is 1.03 bits per heavy atom. The fraction of sp³-hybridized carbons (Fsp3) is 0.462. The average molecular weight is 494 g/mol. The van der Waals surface area contributed by atoms with Gasteiger partial charge in [-0.25, -0.2) is 0 Å². The van der Waals surface area contributed by atoms with Crippen LogP contribution in [-0.2, 0) is 4.79 Å². The molecule has 0 heterocycles. The van der Waals surface area contributed by atoms with Gasteiger partial charge in [0.15, 0.2) is 0 Å². The minimum atomic E-state index is -5.92. The van der Waals surface area contributed by atoms with Gasteiger partial charge < -0.3 is 5.73 Å². The largest absolute Gasteiger partial charge is 0.455 e. The summed E-state index contributed by atoms with van der Waals surface area (Å²) in [6, 6.07) is 10.5. The topological polar surface area (TPSA) is 70.1 Å². The van der Waals surface area contributed by atoms with Gasteiger partial charge in [0.25, 0.3) is 0 Å². The number of carbonyl (C=O) groups excluding carboxylic acids is 1. The second-order valence-electron chi connectivity index (χ2n) is 9.61. The maximum absolute atomic E-state index is 15.2. The summed E-state index contributed by atoms with van der Waals surface area (Å²) in [6.07, 6.45) is -5.85. The van der Waals surface area contributed by atoms with Crippen LogP contribution in [0.2, 0.25) is 0 Å². The fourth-order valence-electron chi connectivity index (χ4n) is 4.39. The molecule has 3 rings (SSSR count). The second-order valence-corrected chi connectivity index (χ2v) is 9.61. The Morgan fingerprint density at radius 3 is 1.89 bits per heavy atom. The van der Waals surface area contributed by atoms with Crippen molar-refractivity contribution in [1.82, 2.24) is 4.90 Å². The van der Waals surface area contributed by atoms with Crippen LogP contribution in [0.4, 0.5) is 22.0 Å². The molecule has 1 fully saturated rings. The van der Waals surface area contributed by atoms with Crippen molar-refractivity contribution in [3.63, 3.8) is 0 Å². The number of amides is 1. The van der Waals surface area contributed by atoms with Crippen LogP contribution in [0.1, 0.15) is 50.3 Å². The molecule has 0 unspecified atom stereocenters. The highest BCUT2D eigenvalue weighted by Gasteiger charge is 2.69. The minimum absolute atomic E-state index is 0.0648. The number of benzene rings is 2. The molecule has 1 aliphatic rings. The lowest BCUT2D eigenvalue weighted by molar-refractivity contribution is -0.309. The Balaban J connectivity index is 2.19. The van der Waals surface area contributed by atoms with E-state index in [9.17, 15) is 23.2 Å². The first-order chi connectivity index (χ1) is 16.2. The molecule has 0 bridgehead atoms. The van der Waals surface area contributed by atoms with E-state index >= 15 is 8.78 Å². The predicted molar refractivity (Wildman–Crippen MR) is 122 cm³/mol. The zero-order chi connectivity index (χ0) is 26.2. The normalized spacial score (nSPS) is 17.2. The zero-order valence-corrected chi connectivity index (χ0v) is 19.7. The third-order valence-electron chi connectivity index (χ3n) is 6.40. The van der Waals surface area contributed by atoms with Gasteiger partial charge in [0.1, 0.15) is 11.6 Å². The van der Waals surface area contributed by atoms with Crippen molar-refractivity contribution in [3.05, 3.63) is 59.7 Å². The molecule has 2 N–H and O–H groups in total. The van der Waals surface area contributed by atoms with Crippen LogP contribution in [0.25, 0.3) is 11.1 Å². The van der Waals surface area contributed by atoms with E-state index in [1.807, 2.05) is 37.3 Å². The Bertz CT molecular complexity index is 1080. The molecule has 0 spiro atoms. The first kappa shape index (κ1) is 26.6. The molecule has 1 amide bonds. The molecule has 2 aromatic carbocycles. The summed E-state index contributed by atoms with van der Waals surface area (Å²) < 4.78 is 71.8. The Morgan fingerprint density at radius 2 is 1.51 bits per heavy atom. The Kier molecular flexibility index (Phi) is 7.28. The van der Waals surface area contributed by atoms with E-state index in [1.165, 1.54) is 24.3 Å². The second kappa shape index (κ2) is 9.57. The van der Waals surface area contributed by atoms with Crippen LogP contribution in [0.5, 0.6) is 0 Å². The van der Waals surface area contributed by atoms with Crippen molar-refractivity contribution >= 4 is 5.91 Å². The van der Waals surface area contributed by atoms with Crippen molar-refractivity contribution in [2.45, 2.75) is 69.8 Å². The van der Waals surface area contributed by atoms with E-state index in [1.54, 1.807) is 13.8 Å². The van der Waals surface area contributed by atoms with Crippen molar-refractivity contribution in [3.8, 4) is 17.2 Å². The molecule has 188 valence electrons. The predicted octanol–water partition coefficient (Wildman–Crippen LogP) is 6.16. The average Bonchev–Trinajstić information content (AvgIpc) is 3.56. The molecule has 2 aromatic rings. The smallest absolute Gasteiger partial charge is 0.368 e. The van der Waals surface area contributed by atoms with Crippen molar-refractivity contribution in [1.29, 1.82) is 5.26 Å². The lowest BCUT2D eigenvalue weighted by Gasteiger charge is -2.44. The van der Waals surface area contributed by atoms with E-state index < -0.39 is 35.6 Å². The van der Waals surface area contributed by atoms with E-state index in [-0.39, 0.29) is 30.7 Å². The highest BCUT2D eigenvalue weighted by molar-refractivity contribution is 5.80. The summed E-state index contributed by atoms with van der Waals surface area (Å²) >= 11 is 0. The third-order valence-corrected chi connectivity index (χ3v) is 6.40. The first-order valence-corrected chi connectivity index (χ1v) is 11.3. The Hall–Kier alpha value is -2.99. The molecular weight excluding hydrogens is 465 g/mol. The summed E-state index contributed by atoms with van der Waals surface area (Å²) in [5.74, 6) is -6.54. The fourth-order valence-corrected chi connectivity index (χ4v) is 4.39. The van der Waals surface area contributed by atoms with Crippen LogP contribution in [0, 0.1) is 24.2 Å². The summed E-state index contributed by atoms with van der Waals surface area (Å²) in [7, 11) is 0. The van der Waals surface area contributed by atoms with Crippen LogP contribution in [-0.4, -0.2) is 34.5 Å². The maximum atomic E-state index is 15.2. The molecule has 1 saturated carbocycles. The molecule has 2 atom stereocenters. The van der Waals surface area contributed by atoms with Crippen LogP contribution in [0.3, 0.4) is 0 Å². The lowest BCUT2D eigenvalue weighted by atomic mass is 9.90. The first-order valence-electron chi connectivity index (χ1n) is 11.3. The van der Waals surface area contributed by atoms with Gasteiger partial charge in [0, 0.05) is 0 Å². The minimum Gasteiger partial charge on any atom is -0.368 e. The number of hydrogen-bond acceptors (Lipinski definition) is 3. The van der Waals surface area contributed by atoms with Gasteiger partial charge >= 0.3 is 12.1 Å². The summed E-state index contributed by atoms with van der Waals surface area (Å²) in [4.78, 5) is 13.1. The van der Waals surface area contributed by atoms with Gasteiger partial charge in [-0.3, -0.25) is 9.69 Å². The number of nitrogens with two attached hydrogens (primary N) is 1. The van der Waals surface area contributed by atoms with Crippen LogP contribution in [0.15, 0.2) is 48.5 Å². The molecule has 1 aliphatic carbocycles. The molecule has 0 aromatic heterocycles. The third kappa shape index (κ3) is 5.32. The number of carbonyl (C=O) groups is 1. The lowest BCUT2D eigenvalue weighted by Crippen LogP contribution is -2.59. The molecule has 0 aliphatic heterocycles. The quantitative estimate of drug-likeness (QED) is 0.426. The van der Waals surface area contributed by atoms with Gasteiger partial charge in [0.05, 0.1) is 12.1 Å². The standard InChI is InChI=1S/C26H28F5N3O/c1-16(2)14-21(23(33)35)34(24(15-32)12-13-24)22(25(27,28)26(29,30)31)20-10-8-19(9-11-20)18-6-4-17(3)5-7-18/h4-11,16,21-22H,12-14H2,1-3H3,(H2,33,35)/t21-,22-/m0/s1. The molecule has 0 radical (unpaired) electrons.